The number of hydrogen-bond acceptors (Lipinski definition) is 2. The summed E-state index contributed by atoms with van der Waals surface area (Å²) in [5.41, 5.74) is 1.27. The van der Waals surface area contributed by atoms with Crippen molar-refractivity contribution in [1.82, 2.24) is 0 Å². The van der Waals surface area contributed by atoms with Gasteiger partial charge in [-0.05, 0) is 24.2 Å². The smallest absolute Gasteiger partial charge is 0.0683 e. The van der Waals surface area contributed by atoms with Crippen molar-refractivity contribution in [2.45, 2.75) is 32.7 Å². The average molecular weight is 261 g/mol. The molecule has 1 unspecified atom stereocenters. The topological polar surface area (TPSA) is 12.4 Å². The van der Waals surface area contributed by atoms with Crippen molar-refractivity contribution in [1.29, 1.82) is 0 Å². The van der Waals surface area contributed by atoms with E-state index >= 15 is 0 Å². The molecular weight excluding hydrogens is 238 g/mol. The van der Waals surface area contributed by atoms with Gasteiger partial charge in [0.2, 0.25) is 0 Å². The summed E-state index contributed by atoms with van der Waals surface area (Å²) in [4.78, 5) is 4.71. The van der Waals surface area contributed by atoms with Gasteiger partial charge in [-0.25, -0.2) is 0 Å². The highest BCUT2D eigenvalue weighted by Crippen LogP contribution is 2.18. The zero-order valence-corrected chi connectivity index (χ0v) is 12.2. The molecule has 0 radical (unpaired) electrons. The molecule has 1 nitrogen and oxygen atoms in total. The zero-order chi connectivity index (χ0) is 13.2. The molecule has 0 saturated carbocycles. The third-order valence-electron chi connectivity index (χ3n) is 2.95. The molecule has 0 fully saturated rings. The van der Waals surface area contributed by atoms with Crippen LogP contribution in [-0.4, -0.2) is 11.3 Å². The summed E-state index contributed by atoms with van der Waals surface area (Å²) < 4.78 is 0. The Morgan fingerprint density at radius 3 is 2.67 bits per heavy atom. The van der Waals surface area contributed by atoms with E-state index < -0.39 is 0 Å². The van der Waals surface area contributed by atoms with Crippen LogP contribution in [0.3, 0.4) is 0 Å². The number of aliphatic imine (C=N–C) groups is 1. The Balaban J connectivity index is 2.57. The van der Waals surface area contributed by atoms with E-state index in [4.69, 9.17) is 4.99 Å². The third kappa shape index (κ3) is 5.54. The predicted molar refractivity (Wildman–Crippen MR) is 84.3 cm³/mol. The molecule has 0 heterocycles. The van der Waals surface area contributed by atoms with Gasteiger partial charge >= 0.3 is 0 Å². The lowest BCUT2D eigenvalue weighted by atomic mass is 10.0. The summed E-state index contributed by atoms with van der Waals surface area (Å²) in [7, 11) is 0. The van der Waals surface area contributed by atoms with Crippen LogP contribution >= 0.6 is 11.8 Å². The van der Waals surface area contributed by atoms with Crippen molar-refractivity contribution in [3.8, 4) is 0 Å². The zero-order valence-electron chi connectivity index (χ0n) is 11.4. The van der Waals surface area contributed by atoms with Crippen molar-refractivity contribution in [2.75, 3.05) is 6.26 Å². The standard InChI is InChI=1S/C16H23NS/c1-4-9-14(5-2)12-16(18-3)17-13-15-10-7-6-8-11-15/h5-8,10-11,14H,2,4,9,12-13H2,1,3H3. The summed E-state index contributed by atoms with van der Waals surface area (Å²) in [6.45, 7) is 6.92. The average Bonchev–Trinajstić information content (AvgIpc) is 2.43. The molecule has 0 aliphatic rings. The molecule has 2 heteroatoms. The monoisotopic (exact) mass is 261 g/mol. The van der Waals surface area contributed by atoms with Gasteiger partial charge in [-0.1, -0.05) is 49.8 Å². The number of allylic oxidation sites excluding steroid dienone is 1. The lowest BCUT2D eigenvalue weighted by molar-refractivity contribution is 0.604. The molecule has 0 aromatic heterocycles. The van der Waals surface area contributed by atoms with Crippen molar-refractivity contribution in [3.63, 3.8) is 0 Å². The maximum Gasteiger partial charge on any atom is 0.0683 e. The minimum atomic E-state index is 0.567. The van der Waals surface area contributed by atoms with E-state index in [1.807, 2.05) is 6.07 Å². The van der Waals surface area contributed by atoms with Gasteiger partial charge in [0.15, 0.2) is 0 Å². The van der Waals surface area contributed by atoms with Crippen molar-refractivity contribution >= 4 is 16.8 Å². The first-order chi connectivity index (χ1) is 8.80. The van der Waals surface area contributed by atoms with E-state index in [2.05, 4.69) is 50.1 Å². The lowest BCUT2D eigenvalue weighted by Crippen LogP contribution is -2.03. The van der Waals surface area contributed by atoms with Crippen LogP contribution in [0.5, 0.6) is 0 Å². The van der Waals surface area contributed by atoms with Crippen molar-refractivity contribution < 1.29 is 0 Å². The molecular formula is C16H23NS. The first kappa shape index (κ1) is 15.0. The second kappa shape index (κ2) is 8.98. The SMILES string of the molecule is C=CC(CCC)CC(=NCc1ccccc1)SC. The van der Waals surface area contributed by atoms with E-state index in [-0.39, 0.29) is 0 Å². The van der Waals surface area contributed by atoms with Crippen molar-refractivity contribution in [2.24, 2.45) is 10.9 Å². The molecule has 18 heavy (non-hydrogen) atoms. The Morgan fingerprint density at radius 1 is 1.39 bits per heavy atom. The molecule has 1 rings (SSSR count). The highest BCUT2D eigenvalue weighted by molar-refractivity contribution is 8.13. The fourth-order valence-corrected chi connectivity index (χ4v) is 2.45. The molecule has 1 aromatic carbocycles. The molecule has 1 aromatic rings. The van der Waals surface area contributed by atoms with Crippen LogP contribution in [0.25, 0.3) is 0 Å². The molecule has 0 saturated heterocycles. The van der Waals surface area contributed by atoms with Gasteiger partial charge in [0.05, 0.1) is 11.6 Å². The summed E-state index contributed by atoms with van der Waals surface area (Å²) in [6, 6.07) is 10.4. The summed E-state index contributed by atoms with van der Waals surface area (Å²) in [6.07, 6.45) is 7.62. The van der Waals surface area contributed by atoms with Gasteiger partial charge in [-0.3, -0.25) is 4.99 Å². The van der Waals surface area contributed by atoms with Gasteiger partial charge in [0, 0.05) is 6.42 Å². The molecule has 0 amide bonds. The Labute approximate surface area is 115 Å². The van der Waals surface area contributed by atoms with E-state index in [0.29, 0.717) is 5.92 Å². The highest BCUT2D eigenvalue weighted by Gasteiger charge is 2.07. The van der Waals surface area contributed by atoms with E-state index in [9.17, 15) is 0 Å². The molecule has 0 spiro atoms. The maximum absolute atomic E-state index is 4.71. The van der Waals surface area contributed by atoms with Gasteiger partial charge in [-0.15, -0.1) is 18.3 Å². The first-order valence-electron chi connectivity index (χ1n) is 6.54. The quantitative estimate of drug-likeness (QED) is 0.385. The van der Waals surface area contributed by atoms with Crippen molar-refractivity contribution in [3.05, 3.63) is 48.6 Å². The molecule has 0 aliphatic carbocycles. The van der Waals surface area contributed by atoms with E-state index in [1.165, 1.54) is 23.4 Å². The normalized spacial score (nSPS) is 13.3. The number of hydrogen-bond donors (Lipinski definition) is 0. The molecule has 0 bridgehead atoms. The Kier molecular flexibility index (Phi) is 7.51. The first-order valence-corrected chi connectivity index (χ1v) is 7.76. The molecule has 98 valence electrons. The highest BCUT2D eigenvalue weighted by atomic mass is 32.2. The third-order valence-corrected chi connectivity index (χ3v) is 3.71. The minimum absolute atomic E-state index is 0.567. The van der Waals surface area contributed by atoms with Crippen LogP contribution in [0.15, 0.2) is 48.0 Å². The predicted octanol–water partition coefficient (Wildman–Crippen LogP) is 4.94. The fraction of sp³-hybridized carbons (Fsp3) is 0.438. The second-order valence-electron chi connectivity index (χ2n) is 4.39. The van der Waals surface area contributed by atoms with Gasteiger partial charge in [0.1, 0.15) is 0 Å². The molecule has 1 atom stereocenters. The maximum atomic E-state index is 4.71. The van der Waals surface area contributed by atoms with Gasteiger partial charge in [-0.2, -0.15) is 0 Å². The minimum Gasteiger partial charge on any atom is -0.278 e. The second-order valence-corrected chi connectivity index (χ2v) is 5.27. The van der Waals surface area contributed by atoms with Gasteiger partial charge < -0.3 is 0 Å². The lowest BCUT2D eigenvalue weighted by Gasteiger charge is -2.11. The number of rotatable bonds is 7. The Morgan fingerprint density at radius 2 is 2.11 bits per heavy atom. The Bertz CT molecular complexity index is 370. The summed E-state index contributed by atoms with van der Waals surface area (Å²) in [5, 5.41) is 1.23. The number of thioether (sulfide) groups is 1. The largest absolute Gasteiger partial charge is 0.278 e. The van der Waals surface area contributed by atoms with E-state index in [1.54, 1.807) is 11.8 Å². The van der Waals surface area contributed by atoms with Crippen LogP contribution < -0.4 is 0 Å². The van der Waals surface area contributed by atoms with Crippen LogP contribution in [0.4, 0.5) is 0 Å². The number of benzene rings is 1. The van der Waals surface area contributed by atoms with Crippen LogP contribution in [0, 0.1) is 5.92 Å². The molecule has 0 aliphatic heterocycles. The van der Waals surface area contributed by atoms with Crippen LogP contribution in [0.1, 0.15) is 31.7 Å². The Hall–Kier alpha value is -1.02. The van der Waals surface area contributed by atoms with E-state index in [0.717, 1.165) is 13.0 Å². The fourth-order valence-electron chi connectivity index (χ4n) is 1.87. The summed E-state index contributed by atoms with van der Waals surface area (Å²) in [5.74, 6) is 0.567. The van der Waals surface area contributed by atoms with Gasteiger partial charge in [0.25, 0.3) is 0 Å². The van der Waals surface area contributed by atoms with Crippen LogP contribution in [0.2, 0.25) is 0 Å². The summed E-state index contributed by atoms with van der Waals surface area (Å²) >= 11 is 1.76. The molecule has 0 N–H and O–H groups in total. The number of nitrogens with zero attached hydrogens (tertiary/aromatic N) is 1. The van der Waals surface area contributed by atoms with Crippen LogP contribution in [-0.2, 0) is 6.54 Å².